The SMILES string of the molecule is CCCNC(=O)NC(=O)CSc1nnc(-c2ccccc2Cl)n1-c1cc(C)ccc1C. The number of hydrogen-bond acceptors (Lipinski definition) is 5. The van der Waals surface area contributed by atoms with Gasteiger partial charge in [0.2, 0.25) is 5.91 Å². The zero-order chi connectivity index (χ0) is 22.4. The fourth-order valence-electron chi connectivity index (χ4n) is 2.93. The van der Waals surface area contributed by atoms with E-state index in [2.05, 4.69) is 20.8 Å². The van der Waals surface area contributed by atoms with E-state index in [1.807, 2.05) is 61.7 Å². The van der Waals surface area contributed by atoms with Gasteiger partial charge in [-0.05, 0) is 49.6 Å². The first-order valence-electron chi connectivity index (χ1n) is 9.89. The highest BCUT2D eigenvalue weighted by molar-refractivity contribution is 7.99. The molecule has 31 heavy (non-hydrogen) atoms. The number of carbonyl (C=O) groups is 2. The average molecular weight is 458 g/mol. The number of amides is 3. The van der Waals surface area contributed by atoms with Crippen LogP contribution in [0.5, 0.6) is 0 Å². The molecule has 1 aromatic heterocycles. The van der Waals surface area contributed by atoms with Gasteiger partial charge in [-0.25, -0.2) is 4.79 Å². The molecular weight excluding hydrogens is 434 g/mol. The Morgan fingerprint density at radius 3 is 2.65 bits per heavy atom. The molecule has 162 valence electrons. The van der Waals surface area contributed by atoms with Gasteiger partial charge in [-0.1, -0.05) is 54.6 Å². The molecule has 2 N–H and O–H groups in total. The van der Waals surface area contributed by atoms with Gasteiger partial charge in [0.15, 0.2) is 11.0 Å². The molecule has 9 heteroatoms. The first-order valence-corrected chi connectivity index (χ1v) is 11.3. The van der Waals surface area contributed by atoms with Gasteiger partial charge in [0.05, 0.1) is 16.5 Å². The lowest BCUT2D eigenvalue weighted by atomic mass is 10.1. The van der Waals surface area contributed by atoms with E-state index in [0.717, 1.165) is 28.8 Å². The minimum atomic E-state index is -0.500. The second-order valence-electron chi connectivity index (χ2n) is 7.00. The Balaban J connectivity index is 1.92. The van der Waals surface area contributed by atoms with E-state index in [4.69, 9.17) is 11.6 Å². The van der Waals surface area contributed by atoms with Gasteiger partial charge in [0, 0.05) is 12.1 Å². The van der Waals surface area contributed by atoms with Crippen molar-refractivity contribution in [1.82, 2.24) is 25.4 Å². The number of nitrogens with one attached hydrogen (secondary N) is 2. The minimum Gasteiger partial charge on any atom is -0.338 e. The monoisotopic (exact) mass is 457 g/mol. The van der Waals surface area contributed by atoms with Crippen LogP contribution in [0.15, 0.2) is 47.6 Å². The van der Waals surface area contributed by atoms with Gasteiger partial charge in [-0.2, -0.15) is 0 Å². The van der Waals surface area contributed by atoms with E-state index in [9.17, 15) is 9.59 Å². The van der Waals surface area contributed by atoms with Crippen LogP contribution in [0, 0.1) is 13.8 Å². The molecule has 0 atom stereocenters. The molecule has 0 aliphatic carbocycles. The van der Waals surface area contributed by atoms with Crippen molar-refractivity contribution in [2.24, 2.45) is 0 Å². The van der Waals surface area contributed by atoms with E-state index in [1.54, 1.807) is 6.07 Å². The van der Waals surface area contributed by atoms with Gasteiger partial charge < -0.3 is 5.32 Å². The molecule has 3 rings (SSSR count). The molecule has 0 saturated heterocycles. The molecule has 2 aromatic carbocycles. The number of benzene rings is 2. The molecule has 0 fully saturated rings. The van der Waals surface area contributed by atoms with Crippen LogP contribution in [0.2, 0.25) is 5.02 Å². The zero-order valence-corrected chi connectivity index (χ0v) is 19.2. The van der Waals surface area contributed by atoms with E-state index >= 15 is 0 Å². The Kier molecular flexibility index (Phi) is 7.70. The molecule has 7 nitrogen and oxygen atoms in total. The van der Waals surface area contributed by atoms with E-state index < -0.39 is 11.9 Å². The van der Waals surface area contributed by atoms with Gasteiger partial charge in [-0.15, -0.1) is 10.2 Å². The zero-order valence-electron chi connectivity index (χ0n) is 17.6. The summed E-state index contributed by atoms with van der Waals surface area (Å²) in [6, 6.07) is 13.0. The molecule has 0 bridgehead atoms. The minimum absolute atomic E-state index is 0.0189. The van der Waals surface area contributed by atoms with Crippen molar-refractivity contribution in [2.75, 3.05) is 12.3 Å². The summed E-state index contributed by atoms with van der Waals surface area (Å²) < 4.78 is 1.90. The largest absolute Gasteiger partial charge is 0.338 e. The van der Waals surface area contributed by atoms with Crippen molar-refractivity contribution in [1.29, 1.82) is 0 Å². The van der Waals surface area contributed by atoms with Crippen LogP contribution in [-0.4, -0.2) is 39.0 Å². The molecule has 0 saturated carbocycles. The fourth-order valence-corrected chi connectivity index (χ4v) is 3.90. The fraction of sp³-hybridized carbons (Fsp3) is 0.273. The maximum absolute atomic E-state index is 12.2. The third-order valence-electron chi connectivity index (χ3n) is 4.47. The molecule has 3 aromatic rings. The highest BCUT2D eigenvalue weighted by Crippen LogP contribution is 2.33. The average Bonchev–Trinajstić information content (AvgIpc) is 3.16. The summed E-state index contributed by atoms with van der Waals surface area (Å²) in [6.07, 6.45) is 0.792. The second-order valence-corrected chi connectivity index (χ2v) is 8.35. The summed E-state index contributed by atoms with van der Waals surface area (Å²) in [6.45, 7) is 6.46. The number of halogens is 1. The van der Waals surface area contributed by atoms with Crippen molar-refractivity contribution in [3.05, 3.63) is 58.6 Å². The van der Waals surface area contributed by atoms with E-state index in [1.165, 1.54) is 11.8 Å². The predicted octanol–water partition coefficient (Wildman–Crippen LogP) is 4.53. The summed E-state index contributed by atoms with van der Waals surface area (Å²) in [5.41, 5.74) is 3.76. The van der Waals surface area contributed by atoms with Crippen LogP contribution in [0.1, 0.15) is 24.5 Å². The topological polar surface area (TPSA) is 88.9 Å². The van der Waals surface area contributed by atoms with Crippen LogP contribution in [0.3, 0.4) is 0 Å². The molecule has 0 aliphatic rings. The molecule has 0 spiro atoms. The molecule has 0 aliphatic heterocycles. The Hall–Kier alpha value is -2.84. The Morgan fingerprint density at radius 1 is 1.13 bits per heavy atom. The molecular formula is C22H24ClN5O2S. The number of aromatic nitrogens is 3. The highest BCUT2D eigenvalue weighted by atomic mass is 35.5. The third-order valence-corrected chi connectivity index (χ3v) is 5.73. The number of carbonyl (C=O) groups excluding carboxylic acids is 2. The van der Waals surface area contributed by atoms with Gasteiger partial charge in [-0.3, -0.25) is 14.7 Å². The Bertz CT molecular complexity index is 1100. The maximum Gasteiger partial charge on any atom is 0.321 e. The first-order chi connectivity index (χ1) is 14.9. The second kappa shape index (κ2) is 10.5. The summed E-state index contributed by atoms with van der Waals surface area (Å²) in [5, 5.41) is 14.7. The van der Waals surface area contributed by atoms with Gasteiger partial charge in [0.1, 0.15) is 0 Å². The van der Waals surface area contributed by atoms with Crippen LogP contribution >= 0.6 is 23.4 Å². The number of thioether (sulfide) groups is 1. The third kappa shape index (κ3) is 5.65. The predicted molar refractivity (Wildman–Crippen MR) is 124 cm³/mol. The van der Waals surface area contributed by atoms with Gasteiger partial charge in [0.25, 0.3) is 0 Å². The standard InChI is InChI=1S/C22H24ClN5O2S/c1-4-11-24-21(30)25-19(29)13-31-22-27-26-20(16-7-5-6-8-17(16)23)28(22)18-12-14(2)9-10-15(18)3/h5-10,12H,4,11,13H2,1-3H3,(H2,24,25,29,30). The quantitative estimate of drug-likeness (QED) is 0.509. The number of rotatable bonds is 7. The summed E-state index contributed by atoms with van der Waals surface area (Å²) >= 11 is 7.63. The van der Waals surface area contributed by atoms with Crippen molar-refractivity contribution < 1.29 is 9.59 Å². The Labute approximate surface area is 190 Å². The van der Waals surface area contributed by atoms with Crippen molar-refractivity contribution in [3.63, 3.8) is 0 Å². The number of aryl methyl sites for hydroxylation is 2. The lowest BCUT2D eigenvalue weighted by Crippen LogP contribution is -2.40. The normalized spacial score (nSPS) is 10.7. The number of imide groups is 1. The van der Waals surface area contributed by atoms with Crippen molar-refractivity contribution in [2.45, 2.75) is 32.3 Å². The maximum atomic E-state index is 12.2. The summed E-state index contributed by atoms with van der Waals surface area (Å²) in [7, 11) is 0. The summed E-state index contributed by atoms with van der Waals surface area (Å²) in [5.74, 6) is 0.196. The van der Waals surface area contributed by atoms with Crippen LogP contribution < -0.4 is 10.6 Å². The van der Waals surface area contributed by atoms with Crippen molar-refractivity contribution >= 4 is 35.3 Å². The van der Waals surface area contributed by atoms with Crippen LogP contribution in [0.25, 0.3) is 17.1 Å². The molecule has 1 heterocycles. The molecule has 0 radical (unpaired) electrons. The van der Waals surface area contributed by atoms with Gasteiger partial charge >= 0.3 is 6.03 Å². The van der Waals surface area contributed by atoms with E-state index in [-0.39, 0.29) is 5.75 Å². The number of hydrogen-bond donors (Lipinski definition) is 2. The lowest BCUT2D eigenvalue weighted by molar-refractivity contribution is -0.117. The molecule has 3 amide bonds. The van der Waals surface area contributed by atoms with Crippen molar-refractivity contribution in [3.8, 4) is 17.1 Å². The number of nitrogens with zero attached hydrogens (tertiary/aromatic N) is 3. The first kappa shape index (κ1) is 22.8. The summed E-state index contributed by atoms with van der Waals surface area (Å²) in [4.78, 5) is 23.9. The van der Waals surface area contributed by atoms with Crippen LogP contribution in [0.4, 0.5) is 4.79 Å². The lowest BCUT2D eigenvalue weighted by Gasteiger charge is -2.14. The van der Waals surface area contributed by atoms with E-state index in [0.29, 0.717) is 22.5 Å². The number of urea groups is 1. The Morgan fingerprint density at radius 2 is 1.90 bits per heavy atom. The van der Waals surface area contributed by atoms with Crippen LogP contribution in [-0.2, 0) is 4.79 Å². The molecule has 0 unspecified atom stereocenters. The highest BCUT2D eigenvalue weighted by Gasteiger charge is 2.20. The smallest absolute Gasteiger partial charge is 0.321 e.